The minimum absolute atomic E-state index is 0.0222. The molecule has 13 heteroatoms. The van der Waals surface area contributed by atoms with Crippen molar-refractivity contribution in [1.82, 2.24) is 19.5 Å². The Hall–Kier alpha value is -3.76. The van der Waals surface area contributed by atoms with E-state index in [0.29, 0.717) is 48.3 Å². The SMILES string of the molecule is CC(C)(O)[C@H](F)CN(c1cc(-c2ccc3cc(C#N)cnn23)ncc1C(N)=O)C1CC2(CCN2CC(F)(F)F)C1. The molecule has 0 aromatic carbocycles. The molecule has 5 rings (SSSR count). The van der Waals surface area contributed by atoms with Gasteiger partial charge in [-0.1, -0.05) is 0 Å². The molecule has 1 saturated heterocycles. The number of carbonyl (C=O) groups is 1. The highest BCUT2D eigenvalue weighted by atomic mass is 19.4. The summed E-state index contributed by atoms with van der Waals surface area (Å²) in [6, 6.07) is 8.35. The number of alkyl halides is 4. The third-order valence-corrected chi connectivity index (χ3v) is 8.03. The van der Waals surface area contributed by atoms with Crippen LogP contribution in [0.2, 0.25) is 0 Å². The third-order valence-electron chi connectivity index (χ3n) is 8.03. The maximum Gasteiger partial charge on any atom is 0.401 e. The van der Waals surface area contributed by atoms with Gasteiger partial charge in [-0.25, -0.2) is 8.91 Å². The summed E-state index contributed by atoms with van der Waals surface area (Å²) in [5, 5.41) is 23.8. The van der Waals surface area contributed by atoms with E-state index in [1.54, 1.807) is 33.7 Å². The van der Waals surface area contributed by atoms with Crippen molar-refractivity contribution >= 4 is 17.1 Å². The van der Waals surface area contributed by atoms with Gasteiger partial charge in [-0.3, -0.25) is 14.7 Å². The van der Waals surface area contributed by atoms with Gasteiger partial charge in [-0.2, -0.15) is 23.5 Å². The smallest absolute Gasteiger partial charge is 0.387 e. The molecule has 3 aromatic heterocycles. The molecule has 212 valence electrons. The number of nitrogens with zero attached hydrogens (tertiary/aromatic N) is 6. The number of nitrogens with two attached hydrogens (primary N) is 1. The first-order valence-electron chi connectivity index (χ1n) is 12.8. The van der Waals surface area contributed by atoms with Crippen LogP contribution in [0.3, 0.4) is 0 Å². The largest absolute Gasteiger partial charge is 0.401 e. The number of nitriles is 1. The summed E-state index contributed by atoms with van der Waals surface area (Å²) in [5.41, 5.74) is 5.55. The fourth-order valence-electron chi connectivity index (χ4n) is 5.66. The van der Waals surface area contributed by atoms with Gasteiger partial charge in [0, 0.05) is 24.3 Å². The molecular formula is C27H29F4N7O2. The van der Waals surface area contributed by atoms with Crippen LogP contribution in [0.15, 0.2) is 36.7 Å². The van der Waals surface area contributed by atoms with Crippen molar-refractivity contribution in [3.63, 3.8) is 0 Å². The van der Waals surface area contributed by atoms with Gasteiger partial charge in [0.25, 0.3) is 5.91 Å². The van der Waals surface area contributed by atoms with Gasteiger partial charge in [-0.15, -0.1) is 0 Å². The molecule has 2 aliphatic rings. The number of aromatic nitrogens is 3. The summed E-state index contributed by atoms with van der Waals surface area (Å²) in [4.78, 5) is 19.9. The Morgan fingerprint density at radius 3 is 2.60 bits per heavy atom. The Morgan fingerprint density at radius 1 is 1.30 bits per heavy atom. The van der Waals surface area contributed by atoms with Crippen molar-refractivity contribution in [2.45, 2.75) is 62.6 Å². The number of fused-ring (bicyclic) bond motifs is 1. The third kappa shape index (κ3) is 5.09. The lowest BCUT2D eigenvalue weighted by atomic mass is 9.64. The average Bonchev–Trinajstić information content (AvgIpc) is 3.27. The van der Waals surface area contributed by atoms with E-state index in [1.807, 2.05) is 6.07 Å². The number of primary amides is 1. The summed E-state index contributed by atoms with van der Waals surface area (Å²) < 4.78 is 56.2. The molecule has 1 aliphatic carbocycles. The van der Waals surface area contributed by atoms with E-state index in [0.717, 1.165) is 0 Å². The second-order valence-corrected chi connectivity index (χ2v) is 11.2. The van der Waals surface area contributed by atoms with E-state index in [1.165, 1.54) is 31.1 Å². The van der Waals surface area contributed by atoms with E-state index in [2.05, 4.69) is 10.1 Å². The lowest BCUT2D eigenvalue weighted by Crippen LogP contribution is -2.72. The Bertz CT molecular complexity index is 1480. The molecule has 1 aliphatic heterocycles. The standard InChI is InChI=1S/C27H29F4N7O2/c1-25(2,40)23(28)14-37(18-9-26(10-18)5-6-36(26)15-27(29,30)31)22-8-20(34-13-19(22)24(33)39)21-4-3-17-7-16(11-32)12-35-38(17)21/h3-4,7-8,12-13,18,23,40H,5-6,9-10,14-15H2,1-2H3,(H2,33,39)/t18?,23-,26?/m1/s1. The highest BCUT2D eigenvalue weighted by Gasteiger charge is 2.57. The normalized spacial score (nSPS) is 22.0. The molecule has 0 bridgehead atoms. The average molecular weight is 560 g/mol. The minimum atomic E-state index is -4.33. The van der Waals surface area contributed by atoms with Gasteiger partial charge < -0.3 is 15.7 Å². The molecule has 4 heterocycles. The number of rotatable bonds is 8. The van der Waals surface area contributed by atoms with Crippen LogP contribution < -0.4 is 10.6 Å². The van der Waals surface area contributed by atoms with Crippen LogP contribution in [0.4, 0.5) is 23.2 Å². The summed E-state index contributed by atoms with van der Waals surface area (Å²) in [6.07, 6.45) is -2.12. The van der Waals surface area contributed by atoms with Gasteiger partial charge in [0.15, 0.2) is 0 Å². The number of anilines is 1. The summed E-state index contributed by atoms with van der Waals surface area (Å²) in [5.74, 6) is -0.800. The number of pyridine rings is 1. The van der Waals surface area contributed by atoms with Gasteiger partial charge in [0.1, 0.15) is 12.2 Å². The highest BCUT2D eigenvalue weighted by molar-refractivity contribution is 5.99. The second kappa shape index (κ2) is 9.71. The number of halogens is 4. The second-order valence-electron chi connectivity index (χ2n) is 11.2. The molecule has 1 atom stereocenters. The van der Waals surface area contributed by atoms with Gasteiger partial charge >= 0.3 is 6.18 Å². The van der Waals surface area contributed by atoms with E-state index in [4.69, 9.17) is 5.73 Å². The topological polar surface area (TPSA) is 124 Å². The zero-order chi connectivity index (χ0) is 29.0. The fraction of sp³-hybridized carbons (Fsp3) is 0.481. The van der Waals surface area contributed by atoms with Crippen molar-refractivity contribution in [1.29, 1.82) is 5.26 Å². The predicted octanol–water partition coefficient (Wildman–Crippen LogP) is 3.45. The molecule has 9 nitrogen and oxygen atoms in total. The number of aliphatic hydroxyl groups is 1. The summed E-state index contributed by atoms with van der Waals surface area (Å²) in [7, 11) is 0. The molecule has 1 saturated carbocycles. The fourth-order valence-corrected chi connectivity index (χ4v) is 5.66. The molecule has 1 spiro atoms. The number of likely N-dealkylation sites (tertiary alicyclic amines) is 1. The molecule has 40 heavy (non-hydrogen) atoms. The summed E-state index contributed by atoms with van der Waals surface area (Å²) >= 11 is 0. The lowest BCUT2D eigenvalue weighted by Gasteiger charge is -2.64. The first-order valence-corrected chi connectivity index (χ1v) is 12.8. The molecule has 0 radical (unpaired) electrons. The predicted molar refractivity (Wildman–Crippen MR) is 138 cm³/mol. The van der Waals surface area contributed by atoms with E-state index in [-0.39, 0.29) is 17.8 Å². The number of hydrogen-bond donors (Lipinski definition) is 2. The molecule has 1 amide bonds. The van der Waals surface area contributed by atoms with Crippen LogP contribution in [0, 0.1) is 11.3 Å². The van der Waals surface area contributed by atoms with Crippen LogP contribution in [0.5, 0.6) is 0 Å². The van der Waals surface area contributed by atoms with Crippen LogP contribution in [0.25, 0.3) is 16.9 Å². The number of carbonyl (C=O) groups excluding carboxylic acids is 1. The lowest BCUT2D eigenvalue weighted by molar-refractivity contribution is -0.194. The quantitative estimate of drug-likeness (QED) is 0.405. The van der Waals surface area contributed by atoms with E-state index in [9.17, 15) is 28.3 Å². The zero-order valence-electron chi connectivity index (χ0n) is 22.0. The molecule has 0 unspecified atom stereocenters. The first kappa shape index (κ1) is 27.8. The summed E-state index contributed by atoms with van der Waals surface area (Å²) in [6.45, 7) is 1.66. The molecule has 3 aromatic rings. The van der Waals surface area contributed by atoms with Crippen LogP contribution in [-0.4, -0.2) is 79.7 Å². The molecule has 2 fully saturated rings. The van der Waals surface area contributed by atoms with Crippen molar-refractivity contribution in [2.75, 3.05) is 24.5 Å². The van der Waals surface area contributed by atoms with Gasteiger partial charge in [0.2, 0.25) is 0 Å². The zero-order valence-corrected chi connectivity index (χ0v) is 22.0. The van der Waals surface area contributed by atoms with Gasteiger partial charge in [0.05, 0.1) is 58.6 Å². The van der Waals surface area contributed by atoms with Crippen molar-refractivity contribution in [3.8, 4) is 17.5 Å². The van der Waals surface area contributed by atoms with Gasteiger partial charge in [-0.05, 0) is 57.4 Å². The Morgan fingerprint density at radius 2 is 2.02 bits per heavy atom. The Kier molecular flexibility index (Phi) is 6.74. The van der Waals surface area contributed by atoms with Crippen LogP contribution >= 0.6 is 0 Å². The minimum Gasteiger partial charge on any atom is -0.387 e. The van der Waals surface area contributed by atoms with Crippen LogP contribution in [0.1, 0.15) is 49.0 Å². The maximum atomic E-state index is 15.3. The van der Waals surface area contributed by atoms with Crippen molar-refractivity contribution < 1.29 is 27.5 Å². The number of hydrogen-bond acceptors (Lipinski definition) is 7. The Balaban J connectivity index is 1.53. The van der Waals surface area contributed by atoms with Crippen LogP contribution in [-0.2, 0) is 0 Å². The van der Waals surface area contributed by atoms with E-state index < -0.39 is 42.0 Å². The number of amides is 1. The highest BCUT2D eigenvalue weighted by Crippen LogP contribution is 2.51. The maximum absolute atomic E-state index is 15.3. The van der Waals surface area contributed by atoms with E-state index >= 15 is 4.39 Å². The van der Waals surface area contributed by atoms with Crippen molar-refractivity contribution in [2.24, 2.45) is 5.73 Å². The molecular weight excluding hydrogens is 530 g/mol. The monoisotopic (exact) mass is 559 g/mol. The van der Waals surface area contributed by atoms with Crippen molar-refractivity contribution in [3.05, 3.63) is 47.8 Å². The first-order chi connectivity index (χ1) is 18.7. The molecule has 3 N–H and O–H groups in total. The Labute approximate surface area is 227 Å².